The molecule has 42 heavy (non-hydrogen) atoms. The molecular formula is C32H27ClFN3O5. The lowest BCUT2D eigenvalue weighted by Crippen LogP contribution is -2.15. The van der Waals surface area contributed by atoms with Gasteiger partial charge in [-0.3, -0.25) is 4.57 Å². The Morgan fingerprint density at radius 2 is 1.93 bits per heavy atom. The van der Waals surface area contributed by atoms with Gasteiger partial charge in [-0.25, -0.2) is 14.2 Å². The van der Waals surface area contributed by atoms with E-state index in [-0.39, 0.29) is 12.7 Å². The number of pyridine rings is 1. The summed E-state index contributed by atoms with van der Waals surface area (Å²) in [4.78, 5) is 21.4. The number of imidazole rings is 1. The number of carbonyl (C=O) groups excluding carboxylic acids is 1. The largest absolute Gasteiger partial charge is 0.473 e. The summed E-state index contributed by atoms with van der Waals surface area (Å²) < 4.78 is 38.8. The summed E-state index contributed by atoms with van der Waals surface area (Å²) in [6.45, 7) is 1.30. The molecule has 214 valence electrons. The molecule has 0 amide bonds. The van der Waals surface area contributed by atoms with Gasteiger partial charge in [-0.1, -0.05) is 23.7 Å². The maximum atomic E-state index is 14.1. The zero-order valence-corrected chi connectivity index (χ0v) is 23.5. The minimum atomic E-state index is -0.428. The molecule has 1 aliphatic heterocycles. The van der Waals surface area contributed by atoms with Crippen LogP contribution in [0.1, 0.15) is 28.8 Å². The molecule has 0 aliphatic carbocycles. The number of hydrogen-bond donors (Lipinski definition) is 0. The molecule has 2 aromatic heterocycles. The van der Waals surface area contributed by atoms with Crippen molar-refractivity contribution >= 4 is 28.6 Å². The molecule has 1 fully saturated rings. The van der Waals surface area contributed by atoms with Crippen LogP contribution in [0.5, 0.6) is 17.6 Å². The third-order valence-corrected chi connectivity index (χ3v) is 7.25. The molecule has 10 heteroatoms. The second-order valence-corrected chi connectivity index (χ2v) is 10.3. The van der Waals surface area contributed by atoms with Gasteiger partial charge in [0, 0.05) is 28.8 Å². The average molecular weight is 588 g/mol. The van der Waals surface area contributed by atoms with Crippen LogP contribution < -0.4 is 9.47 Å². The first-order valence-corrected chi connectivity index (χ1v) is 13.9. The molecule has 0 saturated carbocycles. The lowest BCUT2D eigenvalue weighted by molar-refractivity contribution is 0.0601. The van der Waals surface area contributed by atoms with Gasteiger partial charge >= 0.3 is 12.0 Å². The van der Waals surface area contributed by atoms with E-state index in [1.54, 1.807) is 36.4 Å². The summed E-state index contributed by atoms with van der Waals surface area (Å²) in [5.74, 6) is 0.111. The van der Waals surface area contributed by atoms with E-state index < -0.39 is 11.8 Å². The van der Waals surface area contributed by atoms with Crippen LogP contribution in [0.2, 0.25) is 5.02 Å². The smallest absolute Gasteiger partial charge is 0.337 e. The highest BCUT2D eigenvalue weighted by Crippen LogP contribution is 2.31. The van der Waals surface area contributed by atoms with Crippen molar-refractivity contribution in [3.8, 4) is 28.9 Å². The van der Waals surface area contributed by atoms with Crippen LogP contribution in [-0.2, 0) is 22.6 Å². The first kappa shape index (κ1) is 27.7. The minimum absolute atomic E-state index is 0.0280. The molecule has 0 spiro atoms. The number of halogens is 2. The number of hydrogen-bond acceptors (Lipinski definition) is 7. The fourth-order valence-corrected chi connectivity index (χ4v) is 5.00. The number of fused-ring (bicyclic) bond motifs is 1. The Labute approximate surface area is 246 Å². The maximum absolute atomic E-state index is 14.1. The number of rotatable bonds is 9. The number of ether oxygens (including phenoxy) is 4. The Morgan fingerprint density at radius 3 is 2.69 bits per heavy atom. The third-order valence-electron chi connectivity index (χ3n) is 7.02. The van der Waals surface area contributed by atoms with Crippen LogP contribution in [0.15, 0.2) is 78.9 Å². The molecule has 6 rings (SSSR count). The first-order chi connectivity index (χ1) is 20.5. The molecule has 1 aliphatic rings. The standard InChI is InChI=1S/C32H27ClFN3O5/c1-39-31(38)21-10-14-28-29(16-21)37(18-25-4-3-15-40-25)32(36-28)42-24-12-8-20(9-13-24)27-5-2-6-30(35-27)41-19-22-7-11-23(33)17-26(22)34/h2,5-14,16-17,25H,3-4,15,18-19H2,1H3. The molecule has 5 aromatic rings. The Kier molecular flexibility index (Phi) is 8.03. The van der Waals surface area contributed by atoms with Crippen LogP contribution >= 0.6 is 11.6 Å². The van der Waals surface area contributed by atoms with Crippen LogP contribution in [0.4, 0.5) is 4.39 Å². The van der Waals surface area contributed by atoms with Gasteiger partial charge in [-0.15, -0.1) is 0 Å². The highest BCUT2D eigenvalue weighted by molar-refractivity contribution is 6.30. The fourth-order valence-electron chi connectivity index (χ4n) is 4.84. The van der Waals surface area contributed by atoms with E-state index in [0.29, 0.717) is 51.5 Å². The maximum Gasteiger partial charge on any atom is 0.337 e. The van der Waals surface area contributed by atoms with Gasteiger partial charge < -0.3 is 18.9 Å². The third kappa shape index (κ3) is 6.07. The van der Waals surface area contributed by atoms with Gasteiger partial charge in [-0.05, 0) is 73.5 Å². The van der Waals surface area contributed by atoms with Crippen LogP contribution in [0.3, 0.4) is 0 Å². The van der Waals surface area contributed by atoms with Crippen molar-refractivity contribution in [2.24, 2.45) is 0 Å². The number of esters is 1. The quantitative estimate of drug-likeness (QED) is 0.168. The summed E-state index contributed by atoms with van der Waals surface area (Å²) in [5, 5.41) is 0.330. The molecule has 3 aromatic carbocycles. The van der Waals surface area contributed by atoms with Crippen LogP contribution in [-0.4, -0.2) is 40.3 Å². The van der Waals surface area contributed by atoms with E-state index in [1.807, 2.05) is 41.0 Å². The normalized spacial score (nSPS) is 14.7. The Bertz CT molecular complexity index is 1730. The van der Waals surface area contributed by atoms with Gasteiger partial charge in [0.05, 0.1) is 42.0 Å². The number of carbonyl (C=O) groups is 1. The lowest BCUT2D eigenvalue weighted by atomic mass is 10.1. The summed E-state index contributed by atoms with van der Waals surface area (Å²) in [7, 11) is 1.36. The van der Waals surface area contributed by atoms with E-state index in [1.165, 1.54) is 13.2 Å². The topological polar surface area (TPSA) is 84.7 Å². The van der Waals surface area contributed by atoms with Crippen molar-refractivity contribution in [2.45, 2.75) is 32.1 Å². The van der Waals surface area contributed by atoms with Gasteiger partial charge in [-0.2, -0.15) is 4.98 Å². The van der Waals surface area contributed by atoms with E-state index >= 15 is 0 Å². The lowest BCUT2D eigenvalue weighted by Gasteiger charge is -2.14. The Balaban J connectivity index is 1.21. The zero-order chi connectivity index (χ0) is 29.1. The number of nitrogens with zero attached hydrogens (tertiary/aromatic N) is 3. The monoisotopic (exact) mass is 587 g/mol. The molecule has 1 saturated heterocycles. The fraction of sp³-hybridized carbons (Fsp3) is 0.219. The van der Waals surface area contributed by atoms with E-state index in [2.05, 4.69) is 4.98 Å². The van der Waals surface area contributed by atoms with Crippen LogP contribution in [0.25, 0.3) is 22.3 Å². The highest BCUT2D eigenvalue weighted by atomic mass is 35.5. The van der Waals surface area contributed by atoms with Crippen molar-refractivity contribution in [3.63, 3.8) is 0 Å². The molecular weight excluding hydrogens is 561 g/mol. The van der Waals surface area contributed by atoms with Crippen molar-refractivity contribution in [1.29, 1.82) is 0 Å². The van der Waals surface area contributed by atoms with Gasteiger partial charge in [0.25, 0.3) is 0 Å². The molecule has 1 atom stereocenters. The Hall–Kier alpha value is -4.47. The highest BCUT2D eigenvalue weighted by Gasteiger charge is 2.22. The molecule has 3 heterocycles. The SMILES string of the molecule is COC(=O)c1ccc2nc(Oc3ccc(-c4cccc(OCc5ccc(Cl)cc5F)n4)cc3)n(CC3CCCO3)c2c1. The van der Waals surface area contributed by atoms with Crippen molar-refractivity contribution < 1.29 is 28.1 Å². The summed E-state index contributed by atoms with van der Waals surface area (Å²) in [6, 6.07) is 23.0. The van der Waals surface area contributed by atoms with Gasteiger partial charge in [0.2, 0.25) is 5.88 Å². The molecule has 0 radical (unpaired) electrons. The number of methoxy groups -OCH3 is 1. The summed E-state index contributed by atoms with van der Waals surface area (Å²) in [5.41, 5.74) is 3.83. The minimum Gasteiger partial charge on any atom is -0.473 e. The van der Waals surface area contributed by atoms with E-state index in [9.17, 15) is 9.18 Å². The molecule has 0 N–H and O–H groups in total. The predicted molar refractivity (Wildman–Crippen MR) is 156 cm³/mol. The van der Waals surface area contributed by atoms with Gasteiger partial charge in [0.1, 0.15) is 18.2 Å². The number of benzene rings is 3. The van der Waals surface area contributed by atoms with Crippen molar-refractivity contribution in [1.82, 2.24) is 14.5 Å². The van der Waals surface area contributed by atoms with E-state index in [0.717, 1.165) is 30.5 Å². The number of aromatic nitrogens is 3. The van der Waals surface area contributed by atoms with Crippen LogP contribution in [0, 0.1) is 5.82 Å². The van der Waals surface area contributed by atoms with Crippen molar-refractivity contribution in [2.75, 3.05) is 13.7 Å². The molecule has 1 unspecified atom stereocenters. The first-order valence-electron chi connectivity index (χ1n) is 13.5. The average Bonchev–Trinajstić information content (AvgIpc) is 3.64. The van der Waals surface area contributed by atoms with Gasteiger partial charge in [0.15, 0.2) is 0 Å². The second-order valence-electron chi connectivity index (χ2n) is 9.85. The summed E-state index contributed by atoms with van der Waals surface area (Å²) in [6.07, 6.45) is 1.97. The van der Waals surface area contributed by atoms with E-state index in [4.69, 9.17) is 35.5 Å². The summed E-state index contributed by atoms with van der Waals surface area (Å²) >= 11 is 5.83. The zero-order valence-electron chi connectivity index (χ0n) is 22.8. The molecule has 0 bridgehead atoms. The second kappa shape index (κ2) is 12.2. The molecule has 8 nitrogen and oxygen atoms in total. The Morgan fingerprint density at radius 1 is 1.07 bits per heavy atom. The predicted octanol–water partition coefficient (Wildman–Crippen LogP) is 7.23. The van der Waals surface area contributed by atoms with Crippen molar-refractivity contribution in [3.05, 3.63) is 101 Å².